The van der Waals surface area contributed by atoms with Gasteiger partial charge in [-0.05, 0) is 43.7 Å². The molecule has 2 N–H and O–H groups in total. The highest BCUT2D eigenvalue weighted by Crippen LogP contribution is 2.40. The zero-order valence-corrected chi connectivity index (χ0v) is 19.1. The number of nitrogens with zero attached hydrogens (tertiary/aromatic N) is 1. The van der Waals surface area contributed by atoms with E-state index in [0.29, 0.717) is 29.2 Å². The number of methoxy groups -OCH3 is 1. The van der Waals surface area contributed by atoms with Gasteiger partial charge in [0.05, 0.1) is 19.7 Å². The van der Waals surface area contributed by atoms with Gasteiger partial charge in [0.25, 0.3) is 5.91 Å². The van der Waals surface area contributed by atoms with E-state index in [0.717, 1.165) is 34.2 Å². The van der Waals surface area contributed by atoms with Gasteiger partial charge in [-0.3, -0.25) is 9.28 Å². The van der Waals surface area contributed by atoms with Gasteiger partial charge in [0.1, 0.15) is 23.1 Å². The van der Waals surface area contributed by atoms with Crippen molar-refractivity contribution in [1.82, 2.24) is 9.80 Å². The van der Waals surface area contributed by atoms with Crippen molar-refractivity contribution in [2.75, 3.05) is 32.1 Å². The molecule has 3 atom stereocenters. The molecule has 3 heterocycles. The van der Waals surface area contributed by atoms with Crippen LogP contribution in [0.3, 0.4) is 0 Å². The Labute approximate surface area is 189 Å². The molecular formula is C26H32N3O3+. The second-order valence-electron chi connectivity index (χ2n) is 9.26. The van der Waals surface area contributed by atoms with Crippen LogP contribution in [0.2, 0.25) is 0 Å². The average molecular weight is 435 g/mol. The Morgan fingerprint density at radius 3 is 2.75 bits per heavy atom. The minimum atomic E-state index is -0.241. The zero-order chi connectivity index (χ0) is 22.3. The lowest BCUT2D eigenvalue weighted by atomic mass is 10.0. The number of nitrogens with one attached hydrogen (secondary N) is 2. The van der Waals surface area contributed by atoms with Crippen molar-refractivity contribution in [1.29, 1.82) is 0 Å². The van der Waals surface area contributed by atoms with Crippen LogP contribution < -0.4 is 19.9 Å². The predicted molar refractivity (Wildman–Crippen MR) is 129 cm³/mol. The number of benzene rings is 2. The van der Waals surface area contributed by atoms with Gasteiger partial charge in [-0.2, -0.15) is 0 Å². The van der Waals surface area contributed by atoms with Gasteiger partial charge < -0.3 is 19.8 Å². The van der Waals surface area contributed by atoms with Crippen LogP contribution in [-0.2, 0) is 0 Å². The summed E-state index contributed by atoms with van der Waals surface area (Å²) in [4.78, 5) is 12.9. The van der Waals surface area contributed by atoms with Crippen LogP contribution in [0.4, 0.5) is 11.4 Å². The Bertz CT molecular complexity index is 1150. The fraction of sp³-hybridized carbons (Fsp3) is 0.423. The van der Waals surface area contributed by atoms with Crippen molar-refractivity contribution in [2.45, 2.75) is 45.2 Å². The van der Waals surface area contributed by atoms with E-state index in [4.69, 9.17) is 9.15 Å². The normalized spacial score (nSPS) is 25.3. The molecule has 2 saturated heterocycles. The molecule has 0 bridgehead atoms. The number of likely N-dealkylation sites (tertiary alicyclic amines) is 1. The largest absolute Gasteiger partial charge is 0.497 e. The van der Waals surface area contributed by atoms with E-state index in [-0.39, 0.29) is 5.91 Å². The maximum atomic E-state index is 12.9. The Morgan fingerprint density at radius 2 is 2.06 bits per heavy atom. The third kappa shape index (κ3) is 3.48. The van der Waals surface area contributed by atoms with Crippen LogP contribution >= 0.6 is 0 Å². The summed E-state index contributed by atoms with van der Waals surface area (Å²) in [5.74, 6) is 0.760. The van der Waals surface area contributed by atoms with Crippen molar-refractivity contribution in [2.24, 2.45) is 0 Å². The molecule has 2 aliphatic rings. The number of anilines is 1. The molecule has 2 fully saturated rings. The summed E-state index contributed by atoms with van der Waals surface area (Å²) in [5.41, 5.74) is 3.92. The molecule has 1 aromatic heterocycles. The van der Waals surface area contributed by atoms with Gasteiger partial charge in [-0.15, -0.1) is 0 Å². The van der Waals surface area contributed by atoms with Crippen molar-refractivity contribution >= 4 is 28.3 Å². The third-order valence-electron chi connectivity index (χ3n) is 7.51. The molecule has 2 aromatic carbocycles. The quantitative estimate of drug-likeness (QED) is 0.564. The second kappa shape index (κ2) is 8.26. The van der Waals surface area contributed by atoms with Gasteiger partial charge >= 0.3 is 0 Å². The van der Waals surface area contributed by atoms with Crippen molar-refractivity contribution in [3.8, 4) is 5.75 Å². The van der Waals surface area contributed by atoms with E-state index < -0.39 is 0 Å². The van der Waals surface area contributed by atoms with Gasteiger partial charge in [0, 0.05) is 61.6 Å². The number of amides is 1. The standard InChI is InChI=1S/C26H31N3O3/c1-17-13-20(29(12-4-5-18(29)2)21-10-11-27-16-21)7-9-23(17)28-26(30)25-14-19-6-8-22(31-3)15-24(19)32-25/h6-9,13-15,18,21,27H,4-5,10-12,16H2,1-3H3/p+1. The molecule has 2 aliphatic heterocycles. The first kappa shape index (κ1) is 21.0. The molecule has 3 aromatic rings. The molecule has 5 rings (SSSR count). The smallest absolute Gasteiger partial charge is 0.291 e. The highest BCUT2D eigenvalue weighted by molar-refractivity contribution is 6.05. The third-order valence-corrected chi connectivity index (χ3v) is 7.51. The highest BCUT2D eigenvalue weighted by Gasteiger charge is 2.48. The van der Waals surface area contributed by atoms with E-state index in [1.807, 2.05) is 12.1 Å². The van der Waals surface area contributed by atoms with Gasteiger partial charge in [-0.25, -0.2) is 0 Å². The highest BCUT2D eigenvalue weighted by atomic mass is 16.5. The van der Waals surface area contributed by atoms with Gasteiger partial charge in [0.15, 0.2) is 5.76 Å². The number of quaternary nitrogens is 1. The molecule has 1 amide bonds. The van der Waals surface area contributed by atoms with Crippen LogP contribution in [0.1, 0.15) is 42.3 Å². The van der Waals surface area contributed by atoms with Crippen LogP contribution in [0, 0.1) is 6.92 Å². The number of furan rings is 1. The van der Waals surface area contributed by atoms with Crippen molar-refractivity contribution < 1.29 is 13.9 Å². The Balaban J connectivity index is 1.40. The monoisotopic (exact) mass is 434 g/mol. The number of ether oxygens (including phenoxy) is 1. The minimum Gasteiger partial charge on any atom is -0.497 e. The summed E-state index contributed by atoms with van der Waals surface area (Å²) in [6.07, 6.45) is 3.76. The Morgan fingerprint density at radius 1 is 1.19 bits per heavy atom. The number of hydrogen-bond acceptors (Lipinski definition) is 4. The first-order valence-corrected chi connectivity index (χ1v) is 11.6. The number of hydrogen-bond donors (Lipinski definition) is 2. The number of carbonyl (C=O) groups is 1. The number of aryl methyl sites for hydroxylation is 1. The summed E-state index contributed by atoms with van der Waals surface area (Å²) in [6.45, 7) is 7.85. The lowest BCUT2D eigenvalue weighted by Crippen LogP contribution is -2.59. The van der Waals surface area contributed by atoms with E-state index in [2.05, 4.69) is 42.7 Å². The van der Waals surface area contributed by atoms with Crippen LogP contribution in [0.25, 0.3) is 11.0 Å². The van der Waals surface area contributed by atoms with Gasteiger partial charge in [0.2, 0.25) is 0 Å². The molecule has 0 saturated carbocycles. The minimum absolute atomic E-state index is 0.241. The molecule has 168 valence electrons. The van der Waals surface area contributed by atoms with E-state index in [9.17, 15) is 4.79 Å². The number of carbonyl (C=O) groups excluding carboxylic acids is 1. The van der Waals surface area contributed by atoms with E-state index >= 15 is 0 Å². The second-order valence-corrected chi connectivity index (χ2v) is 9.26. The maximum Gasteiger partial charge on any atom is 0.291 e. The Hall–Kier alpha value is -2.83. The molecule has 6 nitrogen and oxygen atoms in total. The predicted octanol–water partition coefficient (Wildman–Crippen LogP) is 4.85. The molecule has 0 aliphatic carbocycles. The molecule has 0 radical (unpaired) electrons. The summed E-state index contributed by atoms with van der Waals surface area (Å²) in [5, 5.41) is 7.48. The van der Waals surface area contributed by atoms with Crippen molar-refractivity contribution in [3.05, 3.63) is 53.8 Å². The van der Waals surface area contributed by atoms with Crippen LogP contribution in [-0.4, -0.2) is 44.7 Å². The lowest BCUT2D eigenvalue weighted by Gasteiger charge is -2.43. The summed E-state index contributed by atoms with van der Waals surface area (Å²) in [6, 6.07) is 15.1. The molecular weight excluding hydrogens is 402 g/mol. The fourth-order valence-electron chi connectivity index (χ4n) is 5.75. The lowest BCUT2D eigenvalue weighted by molar-refractivity contribution is 0.0998. The molecule has 0 spiro atoms. The van der Waals surface area contributed by atoms with Crippen LogP contribution in [0.15, 0.2) is 46.9 Å². The molecule has 3 unspecified atom stereocenters. The summed E-state index contributed by atoms with van der Waals surface area (Å²) >= 11 is 0. The first-order chi connectivity index (χ1) is 15.5. The SMILES string of the molecule is COc1ccc2cc(C(=O)Nc3ccc([N+]4(C5CCNC5)CCCC4C)cc3C)oc2c1. The first-order valence-electron chi connectivity index (χ1n) is 11.6. The number of fused-ring (bicyclic) bond motifs is 1. The van der Waals surface area contributed by atoms with Crippen molar-refractivity contribution in [3.63, 3.8) is 0 Å². The maximum absolute atomic E-state index is 12.9. The van der Waals surface area contributed by atoms with E-state index in [1.54, 1.807) is 19.2 Å². The van der Waals surface area contributed by atoms with Crippen LogP contribution in [0.5, 0.6) is 5.75 Å². The summed E-state index contributed by atoms with van der Waals surface area (Å²) < 4.78 is 12.1. The fourth-order valence-corrected chi connectivity index (χ4v) is 5.75. The Kier molecular flexibility index (Phi) is 5.43. The zero-order valence-electron chi connectivity index (χ0n) is 19.1. The topological polar surface area (TPSA) is 63.5 Å². The summed E-state index contributed by atoms with van der Waals surface area (Å²) in [7, 11) is 1.61. The molecule has 32 heavy (non-hydrogen) atoms. The van der Waals surface area contributed by atoms with Gasteiger partial charge in [-0.1, -0.05) is 0 Å². The van der Waals surface area contributed by atoms with E-state index in [1.165, 1.54) is 31.5 Å². The number of rotatable bonds is 5. The average Bonchev–Trinajstić information content (AvgIpc) is 3.54. The molecule has 6 heteroatoms.